The normalized spacial score (nSPS) is 17.0. The minimum absolute atomic E-state index is 0. The van der Waals surface area contributed by atoms with Crippen molar-refractivity contribution in [1.29, 1.82) is 0 Å². The summed E-state index contributed by atoms with van der Waals surface area (Å²) in [6.07, 6.45) is 0.309. The lowest BCUT2D eigenvalue weighted by Gasteiger charge is -2.31. The summed E-state index contributed by atoms with van der Waals surface area (Å²) < 4.78 is 11.1. The second-order valence-electron chi connectivity index (χ2n) is 7.60. The summed E-state index contributed by atoms with van der Waals surface area (Å²) >= 11 is 0. The van der Waals surface area contributed by atoms with Crippen LogP contribution < -0.4 is 15.4 Å². The van der Waals surface area contributed by atoms with Crippen molar-refractivity contribution in [1.82, 2.24) is 15.5 Å². The lowest BCUT2D eigenvalue weighted by Crippen LogP contribution is -2.40. The van der Waals surface area contributed by atoms with Crippen LogP contribution in [0.2, 0.25) is 0 Å². The lowest BCUT2D eigenvalue weighted by molar-refractivity contribution is -0.0212. The molecule has 1 atom stereocenters. The van der Waals surface area contributed by atoms with Crippen molar-refractivity contribution in [2.45, 2.75) is 39.6 Å². The zero-order chi connectivity index (χ0) is 21.2. The molecule has 1 aliphatic rings. The van der Waals surface area contributed by atoms with Crippen LogP contribution in [0.3, 0.4) is 0 Å². The number of morpholine rings is 1. The number of hydrogen-bond donors (Lipinski definition) is 2. The van der Waals surface area contributed by atoms with Crippen molar-refractivity contribution < 1.29 is 9.47 Å². The van der Waals surface area contributed by atoms with Crippen molar-refractivity contribution in [2.75, 3.05) is 33.4 Å². The van der Waals surface area contributed by atoms with Crippen molar-refractivity contribution in [3.8, 4) is 5.75 Å². The van der Waals surface area contributed by atoms with Gasteiger partial charge in [-0.15, -0.1) is 24.0 Å². The van der Waals surface area contributed by atoms with E-state index >= 15 is 0 Å². The number of para-hydroxylation sites is 1. The fourth-order valence-corrected chi connectivity index (χ4v) is 3.66. The second kappa shape index (κ2) is 13.5. The summed E-state index contributed by atoms with van der Waals surface area (Å²) in [4.78, 5) is 7.23. The first-order chi connectivity index (χ1) is 14.7. The molecule has 0 radical (unpaired) electrons. The van der Waals surface area contributed by atoms with Gasteiger partial charge in [0, 0.05) is 38.3 Å². The van der Waals surface area contributed by atoms with Crippen LogP contribution in [-0.4, -0.2) is 50.3 Å². The standard InChI is InChI=1S/C24H34N4O2.HI/c1-4-25-24(27-16-22-10-5-6-11-23(22)29-3)26-15-20-8-7-9-21(14-20)18-28-12-13-30-19(2)17-28;/h5-11,14,19H,4,12-13,15-18H2,1-3H3,(H2,25,26,27);1H. The van der Waals surface area contributed by atoms with E-state index in [0.717, 1.165) is 50.1 Å². The van der Waals surface area contributed by atoms with E-state index in [-0.39, 0.29) is 24.0 Å². The highest BCUT2D eigenvalue weighted by molar-refractivity contribution is 14.0. The molecule has 6 nitrogen and oxygen atoms in total. The summed E-state index contributed by atoms with van der Waals surface area (Å²) in [5.41, 5.74) is 3.64. The van der Waals surface area contributed by atoms with Crippen molar-refractivity contribution in [3.63, 3.8) is 0 Å². The first kappa shape index (κ1) is 25.4. The minimum Gasteiger partial charge on any atom is -0.496 e. The van der Waals surface area contributed by atoms with Gasteiger partial charge in [0.15, 0.2) is 5.96 Å². The van der Waals surface area contributed by atoms with Crippen LogP contribution in [0.25, 0.3) is 0 Å². The first-order valence-corrected chi connectivity index (χ1v) is 10.7. The number of benzene rings is 2. The Morgan fingerprint density at radius 2 is 1.97 bits per heavy atom. The number of ether oxygens (including phenoxy) is 2. The van der Waals surface area contributed by atoms with E-state index in [1.165, 1.54) is 11.1 Å². The van der Waals surface area contributed by atoms with Gasteiger partial charge in [0.25, 0.3) is 0 Å². The van der Waals surface area contributed by atoms with Gasteiger partial charge in [-0.05, 0) is 31.0 Å². The van der Waals surface area contributed by atoms with E-state index in [1.807, 2.05) is 18.2 Å². The first-order valence-electron chi connectivity index (χ1n) is 10.7. The summed E-state index contributed by atoms with van der Waals surface area (Å²) in [6.45, 7) is 10.1. The molecule has 0 bridgehead atoms. The Hall–Kier alpha value is -1.84. The molecule has 0 spiro atoms. The fourth-order valence-electron chi connectivity index (χ4n) is 3.66. The number of methoxy groups -OCH3 is 1. The van der Waals surface area contributed by atoms with E-state index in [9.17, 15) is 0 Å². The maximum absolute atomic E-state index is 5.65. The van der Waals surface area contributed by atoms with E-state index in [2.05, 4.69) is 59.7 Å². The van der Waals surface area contributed by atoms with Crippen LogP contribution in [0, 0.1) is 0 Å². The van der Waals surface area contributed by atoms with Gasteiger partial charge in [-0.3, -0.25) is 4.90 Å². The average molecular weight is 538 g/mol. The number of aliphatic imine (C=N–C) groups is 1. The smallest absolute Gasteiger partial charge is 0.191 e. The third kappa shape index (κ3) is 8.31. The monoisotopic (exact) mass is 538 g/mol. The van der Waals surface area contributed by atoms with Crippen molar-refractivity contribution in [3.05, 3.63) is 65.2 Å². The highest BCUT2D eigenvalue weighted by atomic mass is 127. The van der Waals surface area contributed by atoms with Crippen molar-refractivity contribution in [2.24, 2.45) is 4.99 Å². The van der Waals surface area contributed by atoms with Gasteiger partial charge < -0.3 is 20.1 Å². The number of nitrogens with one attached hydrogen (secondary N) is 2. The number of guanidine groups is 1. The maximum Gasteiger partial charge on any atom is 0.191 e. The Balaban J connectivity index is 0.00000341. The highest BCUT2D eigenvalue weighted by Gasteiger charge is 2.16. The number of rotatable bonds is 8. The van der Waals surface area contributed by atoms with E-state index in [4.69, 9.17) is 14.5 Å². The molecule has 7 heteroatoms. The van der Waals surface area contributed by atoms with Gasteiger partial charge in [-0.2, -0.15) is 0 Å². The molecule has 0 saturated carbocycles. The Morgan fingerprint density at radius 3 is 2.74 bits per heavy atom. The molecule has 0 aromatic heterocycles. The molecular weight excluding hydrogens is 503 g/mol. The number of halogens is 1. The summed E-state index contributed by atoms with van der Waals surface area (Å²) in [6, 6.07) is 16.7. The van der Waals surface area contributed by atoms with Gasteiger partial charge in [-0.1, -0.05) is 42.5 Å². The molecule has 1 aliphatic heterocycles. The fraction of sp³-hybridized carbons (Fsp3) is 0.458. The highest BCUT2D eigenvalue weighted by Crippen LogP contribution is 2.17. The van der Waals surface area contributed by atoms with Gasteiger partial charge in [-0.25, -0.2) is 4.99 Å². The molecule has 0 amide bonds. The summed E-state index contributed by atoms with van der Waals surface area (Å²) in [7, 11) is 1.70. The molecule has 2 N–H and O–H groups in total. The summed E-state index contributed by atoms with van der Waals surface area (Å²) in [5.74, 6) is 1.68. The molecule has 1 heterocycles. The van der Waals surface area contributed by atoms with Crippen LogP contribution in [0.15, 0.2) is 53.5 Å². The molecule has 31 heavy (non-hydrogen) atoms. The topological polar surface area (TPSA) is 58.1 Å². The van der Waals surface area contributed by atoms with Gasteiger partial charge in [0.2, 0.25) is 0 Å². The zero-order valence-corrected chi connectivity index (χ0v) is 21.1. The molecule has 170 valence electrons. The number of hydrogen-bond acceptors (Lipinski definition) is 4. The van der Waals surface area contributed by atoms with Crippen LogP contribution in [0.5, 0.6) is 5.75 Å². The van der Waals surface area contributed by atoms with E-state index in [1.54, 1.807) is 7.11 Å². The van der Waals surface area contributed by atoms with Gasteiger partial charge in [0.05, 0.1) is 26.4 Å². The molecular formula is C24H35IN4O2. The Bertz CT molecular complexity index is 831. The molecule has 2 aromatic rings. The Kier molecular flexibility index (Phi) is 11.1. The Labute approximate surface area is 203 Å². The molecule has 0 aliphatic carbocycles. The Morgan fingerprint density at radius 1 is 1.16 bits per heavy atom. The largest absolute Gasteiger partial charge is 0.496 e. The van der Waals surface area contributed by atoms with Crippen LogP contribution >= 0.6 is 24.0 Å². The van der Waals surface area contributed by atoms with Crippen molar-refractivity contribution >= 4 is 29.9 Å². The third-order valence-electron chi connectivity index (χ3n) is 5.13. The molecule has 1 unspecified atom stereocenters. The maximum atomic E-state index is 5.65. The molecule has 3 rings (SSSR count). The van der Waals surface area contributed by atoms with Gasteiger partial charge in [0.1, 0.15) is 5.75 Å². The number of nitrogens with zero attached hydrogens (tertiary/aromatic N) is 2. The lowest BCUT2D eigenvalue weighted by atomic mass is 10.1. The zero-order valence-electron chi connectivity index (χ0n) is 18.8. The predicted octanol–water partition coefficient (Wildman–Crippen LogP) is 3.79. The van der Waals surface area contributed by atoms with E-state index < -0.39 is 0 Å². The third-order valence-corrected chi connectivity index (χ3v) is 5.13. The SMILES string of the molecule is CCNC(=NCc1cccc(CN2CCOC(C)C2)c1)NCc1ccccc1OC.I. The van der Waals surface area contributed by atoms with E-state index in [0.29, 0.717) is 19.2 Å². The molecule has 2 aromatic carbocycles. The van der Waals surface area contributed by atoms with Crippen LogP contribution in [0.1, 0.15) is 30.5 Å². The quantitative estimate of drug-likeness (QED) is 0.305. The van der Waals surface area contributed by atoms with Gasteiger partial charge >= 0.3 is 0 Å². The predicted molar refractivity (Wildman–Crippen MR) is 137 cm³/mol. The summed E-state index contributed by atoms with van der Waals surface area (Å²) in [5, 5.41) is 6.73. The van der Waals surface area contributed by atoms with Crippen LogP contribution in [-0.2, 0) is 24.4 Å². The minimum atomic E-state index is 0. The second-order valence-corrected chi connectivity index (χ2v) is 7.60. The average Bonchev–Trinajstić information content (AvgIpc) is 2.76. The molecule has 1 saturated heterocycles. The molecule has 1 fully saturated rings. The van der Waals surface area contributed by atoms with Crippen LogP contribution in [0.4, 0.5) is 0 Å².